The maximum Gasteiger partial charge on any atom is 0.231 e. The Kier molecular flexibility index (Phi) is 4.38. The Bertz CT molecular complexity index is 991. The lowest BCUT2D eigenvalue weighted by molar-refractivity contribution is 0.122. The minimum absolute atomic E-state index is 0.247. The molecule has 0 unspecified atom stereocenters. The number of hydrogen-bond donors (Lipinski definition) is 1. The number of nitrogens with one attached hydrogen (secondary N) is 1. The predicted octanol–water partition coefficient (Wildman–Crippen LogP) is 2.85. The van der Waals surface area contributed by atoms with Gasteiger partial charge in [-0.25, -0.2) is 9.97 Å². The summed E-state index contributed by atoms with van der Waals surface area (Å²) in [6.07, 6.45) is 5.43. The quantitative estimate of drug-likeness (QED) is 0.743. The van der Waals surface area contributed by atoms with E-state index in [0.717, 1.165) is 54.7 Å². The molecule has 1 fully saturated rings. The van der Waals surface area contributed by atoms with E-state index < -0.39 is 0 Å². The second-order valence-corrected chi connectivity index (χ2v) is 6.49. The first-order chi connectivity index (χ1) is 13.8. The molecule has 28 heavy (non-hydrogen) atoms. The molecule has 2 aliphatic rings. The smallest absolute Gasteiger partial charge is 0.231 e. The van der Waals surface area contributed by atoms with Crippen LogP contribution in [0.2, 0.25) is 0 Å². The molecule has 0 radical (unpaired) electrons. The Morgan fingerprint density at radius 3 is 2.79 bits per heavy atom. The van der Waals surface area contributed by atoms with Crippen molar-refractivity contribution in [3.8, 4) is 22.8 Å². The van der Waals surface area contributed by atoms with Crippen LogP contribution in [0.3, 0.4) is 0 Å². The molecule has 1 N–H and O–H groups in total. The van der Waals surface area contributed by atoms with Gasteiger partial charge in [-0.3, -0.25) is 4.98 Å². The van der Waals surface area contributed by atoms with Crippen LogP contribution in [0.4, 0.5) is 17.3 Å². The lowest BCUT2D eigenvalue weighted by atomic mass is 10.2. The van der Waals surface area contributed by atoms with E-state index in [1.165, 1.54) is 0 Å². The van der Waals surface area contributed by atoms with E-state index >= 15 is 0 Å². The molecule has 0 atom stereocenters. The zero-order chi connectivity index (χ0) is 18.8. The van der Waals surface area contributed by atoms with Crippen LogP contribution in [0.1, 0.15) is 0 Å². The van der Waals surface area contributed by atoms with Gasteiger partial charge in [0.25, 0.3) is 0 Å². The number of nitrogens with zero attached hydrogens (tertiary/aromatic N) is 4. The molecule has 0 bridgehead atoms. The monoisotopic (exact) mass is 377 g/mol. The summed E-state index contributed by atoms with van der Waals surface area (Å²) in [6.45, 7) is 3.46. The zero-order valence-corrected chi connectivity index (χ0v) is 15.2. The van der Waals surface area contributed by atoms with Gasteiger partial charge in [0, 0.05) is 42.8 Å². The summed E-state index contributed by atoms with van der Waals surface area (Å²) in [5, 5.41) is 3.22. The fraction of sp³-hybridized carbons (Fsp3) is 0.250. The third-order valence-electron chi connectivity index (χ3n) is 4.68. The maximum absolute atomic E-state index is 5.43. The SMILES string of the molecule is c1cc(-c2cncc(N3CCOCC3)c2)nc(Nc2ccc3c(c2)OCO3)n1. The molecular weight excluding hydrogens is 358 g/mol. The van der Waals surface area contributed by atoms with Crippen LogP contribution >= 0.6 is 0 Å². The lowest BCUT2D eigenvalue weighted by Crippen LogP contribution is -2.36. The summed E-state index contributed by atoms with van der Waals surface area (Å²) < 4.78 is 16.2. The Hall–Kier alpha value is -3.39. The van der Waals surface area contributed by atoms with Crippen molar-refractivity contribution in [1.82, 2.24) is 15.0 Å². The molecule has 142 valence electrons. The van der Waals surface area contributed by atoms with E-state index in [-0.39, 0.29) is 6.79 Å². The number of anilines is 3. The number of aromatic nitrogens is 3. The molecular formula is C20H19N5O3. The highest BCUT2D eigenvalue weighted by molar-refractivity contribution is 5.66. The highest BCUT2D eigenvalue weighted by Crippen LogP contribution is 2.35. The van der Waals surface area contributed by atoms with E-state index in [1.807, 2.05) is 36.7 Å². The summed E-state index contributed by atoms with van der Waals surface area (Å²) in [5.41, 5.74) is 3.66. The molecule has 2 aliphatic heterocycles. The van der Waals surface area contributed by atoms with Crippen molar-refractivity contribution in [2.45, 2.75) is 0 Å². The average Bonchev–Trinajstić information content (AvgIpc) is 3.23. The van der Waals surface area contributed by atoms with Crippen LogP contribution in [0.25, 0.3) is 11.3 Å². The number of benzene rings is 1. The predicted molar refractivity (Wildman–Crippen MR) is 104 cm³/mol. The second kappa shape index (κ2) is 7.32. The Morgan fingerprint density at radius 2 is 1.86 bits per heavy atom. The third-order valence-corrected chi connectivity index (χ3v) is 4.68. The summed E-state index contributed by atoms with van der Waals surface area (Å²) >= 11 is 0. The number of hydrogen-bond acceptors (Lipinski definition) is 8. The summed E-state index contributed by atoms with van der Waals surface area (Å²) in [4.78, 5) is 15.6. The third kappa shape index (κ3) is 3.41. The first-order valence-corrected chi connectivity index (χ1v) is 9.13. The molecule has 8 heteroatoms. The molecule has 4 heterocycles. The first kappa shape index (κ1) is 16.8. The Labute approximate surface area is 162 Å². The van der Waals surface area contributed by atoms with Crippen LogP contribution in [0.15, 0.2) is 48.9 Å². The molecule has 0 aliphatic carbocycles. The molecule has 0 amide bonds. The maximum atomic E-state index is 5.43. The number of ether oxygens (including phenoxy) is 3. The minimum atomic E-state index is 0.247. The zero-order valence-electron chi connectivity index (χ0n) is 15.2. The van der Waals surface area contributed by atoms with Gasteiger partial charge in [0.05, 0.1) is 30.8 Å². The second-order valence-electron chi connectivity index (χ2n) is 6.49. The highest BCUT2D eigenvalue weighted by Gasteiger charge is 2.15. The summed E-state index contributed by atoms with van der Waals surface area (Å²) in [7, 11) is 0. The fourth-order valence-electron chi connectivity index (χ4n) is 3.25. The Morgan fingerprint density at radius 1 is 0.964 bits per heavy atom. The van der Waals surface area contributed by atoms with Gasteiger partial charge in [-0.1, -0.05) is 0 Å². The van der Waals surface area contributed by atoms with Crippen molar-refractivity contribution in [2.24, 2.45) is 0 Å². The molecule has 8 nitrogen and oxygen atoms in total. The van der Waals surface area contributed by atoms with Crippen LogP contribution in [0, 0.1) is 0 Å². The van der Waals surface area contributed by atoms with E-state index in [9.17, 15) is 0 Å². The van der Waals surface area contributed by atoms with E-state index in [1.54, 1.807) is 6.20 Å². The van der Waals surface area contributed by atoms with E-state index in [4.69, 9.17) is 14.2 Å². The van der Waals surface area contributed by atoms with Crippen molar-refractivity contribution >= 4 is 17.3 Å². The van der Waals surface area contributed by atoms with Crippen molar-refractivity contribution < 1.29 is 14.2 Å². The standard InChI is InChI=1S/C20H19N5O3/c1-2-18-19(28-13-27-18)10-15(1)23-20-22-4-3-17(24-20)14-9-16(12-21-11-14)25-5-7-26-8-6-25/h1-4,9-12H,5-8,13H2,(H,22,23,24). The van der Waals surface area contributed by atoms with Gasteiger partial charge >= 0.3 is 0 Å². The molecule has 5 rings (SSSR count). The number of rotatable bonds is 4. The largest absolute Gasteiger partial charge is 0.454 e. The highest BCUT2D eigenvalue weighted by atomic mass is 16.7. The molecule has 0 saturated carbocycles. The number of morpholine rings is 1. The van der Waals surface area contributed by atoms with Gasteiger partial charge < -0.3 is 24.4 Å². The van der Waals surface area contributed by atoms with Crippen LogP contribution in [0.5, 0.6) is 11.5 Å². The van der Waals surface area contributed by atoms with Gasteiger partial charge in [0.15, 0.2) is 11.5 Å². The Balaban J connectivity index is 1.38. The van der Waals surface area contributed by atoms with Gasteiger partial charge in [0.2, 0.25) is 12.7 Å². The van der Waals surface area contributed by atoms with Crippen LogP contribution in [-0.2, 0) is 4.74 Å². The molecule has 2 aromatic heterocycles. The van der Waals surface area contributed by atoms with Gasteiger partial charge in [-0.05, 0) is 24.3 Å². The van der Waals surface area contributed by atoms with Crippen molar-refractivity contribution in [3.05, 3.63) is 48.9 Å². The topological polar surface area (TPSA) is 81.6 Å². The molecule has 1 saturated heterocycles. The molecule has 1 aromatic carbocycles. The van der Waals surface area contributed by atoms with Crippen LogP contribution < -0.4 is 19.7 Å². The number of fused-ring (bicyclic) bond motifs is 1. The first-order valence-electron chi connectivity index (χ1n) is 9.13. The molecule has 3 aromatic rings. The molecule has 0 spiro atoms. The van der Waals surface area contributed by atoms with E-state index in [2.05, 4.69) is 31.2 Å². The fourth-order valence-corrected chi connectivity index (χ4v) is 3.25. The van der Waals surface area contributed by atoms with Gasteiger partial charge in [0.1, 0.15) is 0 Å². The normalized spacial score (nSPS) is 15.5. The average molecular weight is 377 g/mol. The van der Waals surface area contributed by atoms with Gasteiger partial charge in [-0.2, -0.15) is 0 Å². The van der Waals surface area contributed by atoms with Crippen molar-refractivity contribution in [2.75, 3.05) is 43.3 Å². The summed E-state index contributed by atoms with van der Waals surface area (Å²) in [6, 6.07) is 9.63. The van der Waals surface area contributed by atoms with Crippen LogP contribution in [-0.4, -0.2) is 48.0 Å². The lowest BCUT2D eigenvalue weighted by Gasteiger charge is -2.28. The number of pyridine rings is 1. The van der Waals surface area contributed by atoms with Gasteiger partial charge in [-0.15, -0.1) is 0 Å². The summed E-state index contributed by atoms with van der Waals surface area (Å²) in [5.74, 6) is 1.96. The minimum Gasteiger partial charge on any atom is -0.454 e. The van der Waals surface area contributed by atoms with Crippen molar-refractivity contribution in [3.63, 3.8) is 0 Å². The van der Waals surface area contributed by atoms with E-state index in [0.29, 0.717) is 11.7 Å². The van der Waals surface area contributed by atoms with Crippen molar-refractivity contribution in [1.29, 1.82) is 0 Å².